The molecule has 2 aromatic rings. The Hall–Kier alpha value is -2.15. The maximum absolute atomic E-state index is 12.4. The number of amides is 1. The van der Waals surface area contributed by atoms with Gasteiger partial charge in [-0.3, -0.25) is 14.6 Å². The Balaban J connectivity index is 1.51. The van der Waals surface area contributed by atoms with Crippen LogP contribution < -0.4 is 5.32 Å². The van der Waals surface area contributed by atoms with Crippen molar-refractivity contribution < 1.29 is 13.9 Å². The standard InChI is InChI=1S/C23H33N3O3/c1-18(2)26(16-20-6-4-5-19(3)15-20)17-21-7-8-22(29-21)23(27)24-9-10-25-11-13-28-14-12-25/h4-8,15,18H,9-14,16-17H2,1-3H3,(H,24,27). The van der Waals surface area contributed by atoms with Crippen LogP contribution in [0, 0.1) is 6.92 Å². The van der Waals surface area contributed by atoms with E-state index in [0.717, 1.165) is 45.2 Å². The highest BCUT2D eigenvalue weighted by Gasteiger charge is 2.16. The van der Waals surface area contributed by atoms with Crippen LogP contribution in [0.1, 0.15) is 41.3 Å². The van der Waals surface area contributed by atoms with Crippen LogP contribution in [-0.2, 0) is 17.8 Å². The Labute approximate surface area is 173 Å². The van der Waals surface area contributed by atoms with Crippen molar-refractivity contribution in [3.8, 4) is 0 Å². The lowest BCUT2D eigenvalue weighted by Gasteiger charge is -2.26. The van der Waals surface area contributed by atoms with E-state index in [4.69, 9.17) is 9.15 Å². The quantitative estimate of drug-likeness (QED) is 0.702. The summed E-state index contributed by atoms with van der Waals surface area (Å²) in [6.45, 7) is 12.8. The lowest BCUT2D eigenvalue weighted by Crippen LogP contribution is -2.41. The van der Waals surface area contributed by atoms with Crippen molar-refractivity contribution in [1.29, 1.82) is 0 Å². The molecule has 0 saturated carbocycles. The highest BCUT2D eigenvalue weighted by Crippen LogP contribution is 2.16. The minimum absolute atomic E-state index is 0.153. The average Bonchev–Trinajstić information content (AvgIpc) is 3.17. The van der Waals surface area contributed by atoms with Crippen LogP contribution >= 0.6 is 0 Å². The SMILES string of the molecule is Cc1cccc(CN(Cc2ccc(C(=O)NCCN3CCOCC3)o2)C(C)C)c1. The van der Waals surface area contributed by atoms with Crippen LogP contribution in [0.5, 0.6) is 0 Å². The number of carbonyl (C=O) groups is 1. The van der Waals surface area contributed by atoms with Crippen LogP contribution in [0.25, 0.3) is 0 Å². The molecule has 0 bridgehead atoms. The molecule has 158 valence electrons. The van der Waals surface area contributed by atoms with E-state index in [2.05, 4.69) is 60.2 Å². The third kappa shape index (κ3) is 6.70. The molecule has 1 aliphatic rings. The third-order valence-corrected chi connectivity index (χ3v) is 5.26. The van der Waals surface area contributed by atoms with E-state index in [0.29, 0.717) is 24.9 Å². The lowest BCUT2D eigenvalue weighted by molar-refractivity contribution is 0.0382. The second kappa shape index (κ2) is 10.6. The third-order valence-electron chi connectivity index (χ3n) is 5.26. The summed E-state index contributed by atoms with van der Waals surface area (Å²) < 4.78 is 11.2. The van der Waals surface area contributed by atoms with E-state index in [-0.39, 0.29) is 5.91 Å². The molecule has 1 aromatic carbocycles. The molecule has 1 aromatic heterocycles. The number of hydrogen-bond acceptors (Lipinski definition) is 5. The van der Waals surface area contributed by atoms with Crippen molar-refractivity contribution in [2.45, 2.75) is 39.9 Å². The normalized spacial score (nSPS) is 15.2. The van der Waals surface area contributed by atoms with Crippen molar-refractivity contribution in [3.05, 3.63) is 59.0 Å². The summed E-state index contributed by atoms with van der Waals surface area (Å²) in [5, 5.41) is 2.95. The van der Waals surface area contributed by atoms with Crippen molar-refractivity contribution in [1.82, 2.24) is 15.1 Å². The first-order valence-electron chi connectivity index (χ1n) is 10.5. The topological polar surface area (TPSA) is 58.0 Å². The van der Waals surface area contributed by atoms with Crippen LogP contribution in [0.2, 0.25) is 0 Å². The molecule has 1 N–H and O–H groups in total. The first kappa shape index (κ1) is 21.6. The van der Waals surface area contributed by atoms with Crippen molar-refractivity contribution >= 4 is 5.91 Å². The Morgan fingerprint density at radius 2 is 1.97 bits per heavy atom. The van der Waals surface area contributed by atoms with Gasteiger partial charge in [0.05, 0.1) is 19.8 Å². The van der Waals surface area contributed by atoms with Gasteiger partial charge >= 0.3 is 0 Å². The van der Waals surface area contributed by atoms with Gasteiger partial charge in [0.2, 0.25) is 0 Å². The van der Waals surface area contributed by atoms with Gasteiger partial charge in [0.25, 0.3) is 5.91 Å². The first-order chi connectivity index (χ1) is 14.0. The number of nitrogens with one attached hydrogen (secondary N) is 1. The summed E-state index contributed by atoms with van der Waals surface area (Å²) >= 11 is 0. The Morgan fingerprint density at radius 1 is 1.17 bits per heavy atom. The summed E-state index contributed by atoms with van der Waals surface area (Å²) in [6.07, 6.45) is 0. The predicted octanol–water partition coefficient (Wildman–Crippen LogP) is 3.06. The summed E-state index contributed by atoms with van der Waals surface area (Å²) in [6, 6.07) is 12.6. The molecule has 0 atom stereocenters. The Bertz CT molecular complexity index is 781. The van der Waals surface area contributed by atoms with E-state index >= 15 is 0 Å². The number of furan rings is 1. The van der Waals surface area contributed by atoms with Crippen LogP contribution in [0.4, 0.5) is 0 Å². The van der Waals surface area contributed by atoms with Crippen LogP contribution in [0.15, 0.2) is 40.8 Å². The number of aryl methyl sites for hydroxylation is 1. The van der Waals surface area contributed by atoms with Gasteiger partial charge in [0, 0.05) is 38.8 Å². The Morgan fingerprint density at radius 3 is 2.69 bits per heavy atom. The molecule has 0 radical (unpaired) electrons. The molecule has 0 spiro atoms. The molecule has 29 heavy (non-hydrogen) atoms. The van der Waals surface area contributed by atoms with Gasteiger partial charge in [-0.2, -0.15) is 0 Å². The van der Waals surface area contributed by atoms with E-state index in [1.165, 1.54) is 11.1 Å². The molecule has 6 heteroatoms. The molecule has 1 fully saturated rings. The summed E-state index contributed by atoms with van der Waals surface area (Å²) in [7, 11) is 0. The summed E-state index contributed by atoms with van der Waals surface area (Å²) in [4.78, 5) is 17.0. The van der Waals surface area contributed by atoms with E-state index < -0.39 is 0 Å². The van der Waals surface area contributed by atoms with E-state index in [9.17, 15) is 4.79 Å². The minimum Gasteiger partial charge on any atom is -0.455 e. The van der Waals surface area contributed by atoms with Gasteiger partial charge in [0.15, 0.2) is 5.76 Å². The van der Waals surface area contributed by atoms with Gasteiger partial charge in [-0.05, 0) is 38.5 Å². The van der Waals surface area contributed by atoms with Gasteiger partial charge < -0.3 is 14.5 Å². The molecule has 3 rings (SSSR count). The number of ether oxygens (including phenoxy) is 1. The molecule has 6 nitrogen and oxygen atoms in total. The monoisotopic (exact) mass is 399 g/mol. The number of benzene rings is 1. The molecule has 2 heterocycles. The van der Waals surface area contributed by atoms with Crippen molar-refractivity contribution in [3.63, 3.8) is 0 Å². The number of carbonyl (C=O) groups excluding carboxylic acids is 1. The predicted molar refractivity (Wildman–Crippen MR) is 114 cm³/mol. The maximum Gasteiger partial charge on any atom is 0.287 e. The van der Waals surface area contributed by atoms with Gasteiger partial charge in [-0.1, -0.05) is 29.8 Å². The largest absolute Gasteiger partial charge is 0.455 e. The zero-order chi connectivity index (χ0) is 20.6. The molecule has 0 unspecified atom stereocenters. The van der Waals surface area contributed by atoms with E-state index in [1.54, 1.807) is 6.07 Å². The summed E-state index contributed by atoms with van der Waals surface area (Å²) in [5.41, 5.74) is 2.55. The highest BCUT2D eigenvalue weighted by molar-refractivity contribution is 5.91. The molecule has 1 saturated heterocycles. The fourth-order valence-electron chi connectivity index (χ4n) is 3.49. The second-order valence-electron chi connectivity index (χ2n) is 7.96. The minimum atomic E-state index is -0.153. The second-order valence-corrected chi connectivity index (χ2v) is 7.96. The molecule has 1 amide bonds. The zero-order valence-corrected chi connectivity index (χ0v) is 17.8. The molecule has 1 aliphatic heterocycles. The maximum atomic E-state index is 12.4. The average molecular weight is 400 g/mol. The smallest absolute Gasteiger partial charge is 0.287 e. The van der Waals surface area contributed by atoms with Crippen LogP contribution in [0.3, 0.4) is 0 Å². The zero-order valence-electron chi connectivity index (χ0n) is 17.8. The van der Waals surface area contributed by atoms with Crippen LogP contribution in [-0.4, -0.2) is 61.1 Å². The molecular weight excluding hydrogens is 366 g/mol. The fourth-order valence-corrected chi connectivity index (χ4v) is 3.49. The van der Waals surface area contributed by atoms with Gasteiger partial charge in [0.1, 0.15) is 5.76 Å². The number of hydrogen-bond donors (Lipinski definition) is 1. The molecule has 0 aliphatic carbocycles. The Kier molecular flexibility index (Phi) is 7.86. The highest BCUT2D eigenvalue weighted by atomic mass is 16.5. The number of morpholine rings is 1. The first-order valence-corrected chi connectivity index (χ1v) is 10.5. The number of rotatable bonds is 9. The lowest BCUT2D eigenvalue weighted by atomic mass is 10.1. The van der Waals surface area contributed by atoms with E-state index in [1.807, 2.05) is 6.07 Å². The van der Waals surface area contributed by atoms with Crippen molar-refractivity contribution in [2.24, 2.45) is 0 Å². The van der Waals surface area contributed by atoms with Gasteiger partial charge in [-0.25, -0.2) is 0 Å². The number of nitrogens with zero attached hydrogens (tertiary/aromatic N) is 2. The van der Waals surface area contributed by atoms with Gasteiger partial charge in [-0.15, -0.1) is 0 Å². The molecular formula is C23H33N3O3. The fraction of sp³-hybridized carbons (Fsp3) is 0.522. The summed E-state index contributed by atoms with van der Waals surface area (Å²) in [5.74, 6) is 1.03. The van der Waals surface area contributed by atoms with Crippen molar-refractivity contribution in [2.75, 3.05) is 39.4 Å².